The Morgan fingerprint density at radius 1 is 1.18 bits per heavy atom. The van der Waals surface area contributed by atoms with Gasteiger partial charge in [-0.05, 0) is 50.3 Å². The zero-order chi connectivity index (χ0) is 20.0. The third kappa shape index (κ3) is 5.70. The molecule has 2 fully saturated rings. The summed E-state index contributed by atoms with van der Waals surface area (Å²) in [6.07, 6.45) is 3.98. The molecule has 1 amide bonds. The van der Waals surface area contributed by atoms with Crippen molar-refractivity contribution in [2.45, 2.75) is 45.2 Å². The summed E-state index contributed by atoms with van der Waals surface area (Å²) < 4.78 is 23.3. The summed E-state index contributed by atoms with van der Waals surface area (Å²) >= 11 is 0. The molecule has 0 saturated carbocycles. The molecule has 7 nitrogen and oxygen atoms in total. The van der Waals surface area contributed by atoms with Gasteiger partial charge in [0.1, 0.15) is 0 Å². The molecule has 0 radical (unpaired) electrons. The number of hydrogen-bond acceptors (Lipinski definition) is 4. The fourth-order valence-corrected chi connectivity index (χ4v) is 5.30. The van der Waals surface area contributed by atoms with Gasteiger partial charge in [0.2, 0.25) is 0 Å². The van der Waals surface area contributed by atoms with Gasteiger partial charge >= 0.3 is 0 Å². The molecular formula is C20H30N4O3S. The van der Waals surface area contributed by atoms with E-state index >= 15 is 0 Å². The fourth-order valence-electron chi connectivity index (χ4n) is 3.62. The summed E-state index contributed by atoms with van der Waals surface area (Å²) in [6.45, 7) is 4.84. The maximum absolute atomic E-state index is 12.5. The summed E-state index contributed by atoms with van der Waals surface area (Å²) in [6, 6.07) is 7.51. The average Bonchev–Trinajstić information content (AvgIpc) is 3.05. The third-order valence-electron chi connectivity index (χ3n) is 5.18. The van der Waals surface area contributed by atoms with E-state index in [1.165, 1.54) is 6.42 Å². The number of carbonyl (C=O) groups excluding carboxylic acids is 1. The number of guanidine groups is 1. The third-order valence-corrected chi connectivity index (χ3v) is 6.95. The van der Waals surface area contributed by atoms with Gasteiger partial charge in [-0.15, -0.1) is 0 Å². The van der Waals surface area contributed by atoms with Crippen LogP contribution in [0.1, 0.15) is 48.5 Å². The molecule has 2 N–H and O–H groups in total. The second kappa shape index (κ2) is 9.41. The van der Waals surface area contributed by atoms with Gasteiger partial charge in [0.25, 0.3) is 5.91 Å². The lowest BCUT2D eigenvalue weighted by atomic mass is 10.1. The van der Waals surface area contributed by atoms with Crippen molar-refractivity contribution in [2.24, 2.45) is 4.99 Å². The Labute approximate surface area is 167 Å². The topological polar surface area (TPSA) is 90.9 Å². The normalized spacial score (nSPS) is 22.1. The minimum absolute atomic E-state index is 0.0904. The van der Waals surface area contributed by atoms with Crippen molar-refractivity contribution in [2.75, 3.05) is 31.1 Å². The van der Waals surface area contributed by atoms with Crippen LogP contribution in [0.2, 0.25) is 0 Å². The average molecular weight is 407 g/mol. The number of piperidine rings is 1. The molecular weight excluding hydrogens is 376 g/mol. The van der Waals surface area contributed by atoms with Crippen molar-refractivity contribution < 1.29 is 13.2 Å². The summed E-state index contributed by atoms with van der Waals surface area (Å²) in [5.41, 5.74) is 1.72. The molecule has 0 aliphatic carbocycles. The SMILES string of the molecule is CCNC(=NCc1ccc(C(=O)N2CCCCC2)cc1)NC1CCS(=O)(=O)C1. The van der Waals surface area contributed by atoms with Crippen molar-refractivity contribution in [3.8, 4) is 0 Å². The van der Waals surface area contributed by atoms with Crippen molar-refractivity contribution in [1.82, 2.24) is 15.5 Å². The van der Waals surface area contributed by atoms with Crippen LogP contribution in [0.3, 0.4) is 0 Å². The number of sulfone groups is 1. The van der Waals surface area contributed by atoms with Crippen LogP contribution in [0.15, 0.2) is 29.3 Å². The molecule has 1 aromatic rings. The molecule has 1 aromatic carbocycles. The lowest BCUT2D eigenvalue weighted by molar-refractivity contribution is 0.0724. The van der Waals surface area contributed by atoms with Crippen molar-refractivity contribution in [3.63, 3.8) is 0 Å². The summed E-state index contributed by atoms with van der Waals surface area (Å²) in [7, 11) is -2.93. The first-order chi connectivity index (χ1) is 13.5. The van der Waals surface area contributed by atoms with E-state index < -0.39 is 9.84 Å². The molecule has 2 aliphatic heterocycles. The van der Waals surface area contributed by atoms with Crippen LogP contribution < -0.4 is 10.6 Å². The lowest BCUT2D eigenvalue weighted by Gasteiger charge is -2.26. The minimum Gasteiger partial charge on any atom is -0.357 e. The van der Waals surface area contributed by atoms with E-state index in [-0.39, 0.29) is 23.5 Å². The first-order valence-electron chi connectivity index (χ1n) is 10.1. The highest BCUT2D eigenvalue weighted by molar-refractivity contribution is 7.91. The zero-order valence-electron chi connectivity index (χ0n) is 16.5. The summed E-state index contributed by atoms with van der Waals surface area (Å²) in [4.78, 5) is 19.0. The largest absolute Gasteiger partial charge is 0.357 e. The van der Waals surface area contributed by atoms with E-state index in [4.69, 9.17) is 0 Å². The van der Waals surface area contributed by atoms with E-state index in [0.29, 0.717) is 25.5 Å². The molecule has 1 unspecified atom stereocenters. The molecule has 0 spiro atoms. The summed E-state index contributed by atoms with van der Waals surface area (Å²) in [5.74, 6) is 1.12. The minimum atomic E-state index is -2.93. The predicted molar refractivity (Wildman–Crippen MR) is 111 cm³/mol. The van der Waals surface area contributed by atoms with E-state index in [0.717, 1.165) is 37.1 Å². The van der Waals surface area contributed by atoms with E-state index in [1.807, 2.05) is 36.1 Å². The monoisotopic (exact) mass is 406 g/mol. The van der Waals surface area contributed by atoms with Gasteiger partial charge in [0.15, 0.2) is 15.8 Å². The molecule has 2 heterocycles. The highest BCUT2D eigenvalue weighted by Crippen LogP contribution is 2.14. The Hall–Kier alpha value is -2.09. The molecule has 2 aliphatic rings. The maximum Gasteiger partial charge on any atom is 0.253 e. The molecule has 3 rings (SSSR count). The Kier molecular flexibility index (Phi) is 6.93. The van der Waals surface area contributed by atoms with Crippen molar-refractivity contribution in [1.29, 1.82) is 0 Å². The van der Waals surface area contributed by atoms with E-state index in [1.54, 1.807) is 0 Å². The molecule has 8 heteroatoms. The Balaban J connectivity index is 1.58. The highest BCUT2D eigenvalue weighted by atomic mass is 32.2. The zero-order valence-corrected chi connectivity index (χ0v) is 17.3. The first-order valence-corrected chi connectivity index (χ1v) is 11.9. The van der Waals surface area contributed by atoms with Crippen LogP contribution >= 0.6 is 0 Å². The molecule has 2 saturated heterocycles. The number of rotatable bonds is 5. The second-order valence-corrected chi connectivity index (χ2v) is 9.72. The summed E-state index contributed by atoms with van der Waals surface area (Å²) in [5, 5.41) is 6.38. The Morgan fingerprint density at radius 3 is 2.50 bits per heavy atom. The second-order valence-electron chi connectivity index (χ2n) is 7.49. The first kappa shape index (κ1) is 20.6. The van der Waals surface area contributed by atoms with Gasteiger partial charge in [0.05, 0.1) is 18.1 Å². The van der Waals surface area contributed by atoms with Gasteiger partial charge in [-0.25, -0.2) is 13.4 Å². The van der Waals surface area contributed by atoms with Crippen LogP contribution in [0.4, 0.5) is 0 Å². The van der Waals surface area contributed by atoms with Gasteiger partial charge in [-0.1, -0.05) is 12.1 Å². The molecule has 0 aromatic heterocycles. The van der Waals surface area contributed by atoms with Crippen LogP contribution in [0, 0.1) is 0 Å². The number of nitrogens with zero attached hydrogens (tertiary/aromatic N) is 2. The van der Waals surface area contributed by atoms with Gasteiger partial charge in [-0.2, -0.15) is 0 Å². The van der Waals surface area contributed by atoms with Crippen LogP contribution in [0.25, 0.3) is 0 Å². The number of carbonyl (C=O) groups is 1. The van der Waals surface area contributed by atoms with E-state index in [9.17, 15) is 13.2 Å². The molecule has 28 heavy (non-hydrogen) atoms. The molecule has 0 bridgehead atoms. The smallest absolute Gasteiger partial charge is 0.253 e. The predicted octanol–water partition coefficient (Wildman–Crippen LogP) is 1.55. The van der Waals surface area contributed by atoms with Crippen LogP contribution in [-0.2, 0) is 16.4 Å². The molecule has 154 valence electrons. The van der Waals surface area contributed by atoms with Crippen molar-refractivity contribution in [3.05, 3.63) is 35.4 Å². The number of amides is 1. The molecule has 1 atom stereocenters. The van der Waals surface area contributed by atoms with Crippen LogP contribution in [0.5, 0.6) is 0 Å². The van der Waals surface area contributed by atoms with E-state index in [2.05, 4.69) is 15.6 Å². The number of benzene rings is 1. The van der Waals surface area contributed by atoms with Gasteiger partial charge in [0, 0.05) is 31.2 Å². The van der Waals surface area contributed by atoms with Gasteiger partial charge in [-0.3, -0.25) is 4.79 Å². The lowest BCUT2D eigenvalue weighted by Crippen LogP contribution is -2.44. The quantitative estimate of drug-likeness (QED) is 0.572. The van der Waals surface area contributed by atoms with Crippen molar-refractivity contribution >= 4 is 21.7 Å². The number of hydrogen-bond donors (Lipinski definition) is 2. The Bertz CT molecular complexity index is 799. The highest BCUT2D eigenvalue weighted by Gasteiger charge is 2.28. The fraction of sp³-hybridized carbons (Fsp3) is 0.600. The van der Waals surface area contributed by atoms with Crippen LogP contribution in [-0.4, -0.2) is 62.4 Å². The standard InChI is InChI=1S/C20H30N4O3S/c1-2-21-20(23-18-10-13-28(26,27)15-18)22-14-16-6-8-17(9-7-16)19(25)24-11-4-3-5-12-24/h6-9,18H,2-5,10-15H2,1H3,(H2,21,22,23). The number of nitrogens with one attached hydrogen (secondary N) is 2. The van der Waals surface area contributed by atoms with Gasteiger partial charge < -0.3 is 15.5 Å². The number of aliphatic imine (C=N–C) groups is 1. The Morgan fingerprint density at radius 2 is 1.89 bits per heavy atom. The number of likely N-dealkylation sites (tertiary alicyclic amines) is 1. The maximum atomic E-state index is 12.5.